The van der Waals surface area contributed by atoms with E-state index in [9.17, 15) is 24.0 Å². The van der Waals surface area contributed by atoms with Gasteiger partial charge in [0.25, 0.3) is 0 Å². The molecule has 6 aromatic rings. The Kier molecular flexibility index (Phi) is 12.1. The number of thiophene rings is 1. The second-order valence-electron chi connectivity index (χ2n) is 17.0. The number of anilines is 2. The number of carboxylic acids is 1. The smallest absolute Gasteiger partial charge is 0.0338 e. The number of fused-ring (bicyclic) bond motifs is 2. The molecule has 3 unspecified atom stereocenters. The number of carbonyl (C=O) groups is 2. The Hall–Kier alpha value is -4.59. The number of piperidine rings is 3. The minimum absolute atomic E-state index is 0.00560. The minimum Gasteiger partial charge on any atom is -0.306 e. The van der Waals surface area contributed by atoms with Gasteiger partial charge in [-0.25, -0.2) is 18.3 Å². The Morgan fingerprint density at radius 2 is 1.84 bits per heavy atom. The third kappa shape index (κ3) is 8.69. The molecule has 322 valence electrons. The van der Waals surface area contributed by atoms with E-state index in [-0.39, 0.29) is 33.4 Å². The molecular formula is C46H47ClMoN7O5S2-. The molecule has 3 aliphatic heterocycles. The molecule has 62 heavy (non-hydrogen) atoms. The average molecular weight is 973 g/mol. The number of halogens is 1. The Bertz CT molecular complexity index is 2750. The number of carbonyl (C=O) groups excluding carboxylic acids is 1. The molecule has 9 rings (SSSR count). The molecule has 16 heteroatoms. The van der Waals surface area contributed by atoms with Gasteiger partial charge in [0, 0.05) is 54.0 Å². The van der Waals surface area contributed by atoms with E-state index in [4.69, 9.17) is 21.9 Å². The first-order valence-corrected chi connectivity index (χ1v) is 24.3. The van der Waals surface area contributed by atoms with Crippen molar-refractivity contribution in [3.05, 3.63) is 112 Å². The molecule has 0 saturated carbocycles. The van der Waals surface area contributed by atoms with Crippen molar-refractivity contribution in [2.24, 2.45) is 0 Å². The summed E-state index contributed by atoms with van der Waals surface area (Å²) in [6.45, 7) is 6.78. The number of nitrogens with one attached hydrogen (secondary N) is 2. The van der Waals surface area contributed by atoms with Gasteiger partial charge in [0.15, 0.2) is 10.6 Å². The first-order chi connectivity index (χ1) is 29.8. The summed E-state index contributed by atoms with van der Waals surface area (Å²) in [5.74, 6) is -0.756. The van der Waals surface area contributed by atoms with Crippen LogP contribution in [0.5, 0.6) is 5.75 Å². The van der Waals surface area contributed by atoms with Crippen LogP contribution in [0.25, 0.3) is 32.2 Å². The van der Waals surface area contributed by atoms with Crippen molar-refractivity contribution in [3.8, 4) is 16.2 Å². The van der Waals surface area contributed by atoms with Crippen LogP contribution in [0.4, 0.5) is 17.1 Å². The fourth-order valence-corrected chi connectivity index (χ4v) is 12.8. The van der Waals surface area contributed by atoms with E-state index in [2.05, 4.69) is 92.9 Å². The zero-order valence-electron chi connectivity index (χ0n) is 34.3. The van der Waals surface area contributed by atoms with Crippen molar-refractivity contribution in [2.45, 2.75) is 81.7 Å². The summed E-state index contributed by atoms with van der Waals surface area (Å²) >= 11 is 9.15. The maximum atomic E-state index is 14.0. The van der Waals surface area contributed by atoms with Gasteiger partial charge in [-0.3, -0.25) is 0 Å². The Morgan fingerprint density at radius 1 is 1.05 bits per heavy atom. The van der Waals surface area contributed by atoms with Crippen LogP contribution in [0.2, 0.25) is 5.02 Å². The molecule has 0 bridgehead atoms. The van der Waals surface area contributed by atoms with Crippen LogP contribution in [-0.2, 0) is 40.9 Å². The predicted octanol–water partition coefficient (Wildman–Crippen LogP) is 9.14. The van der Waals surface area contributed by atoms with E-state index in [1.165, 1.54) is 10.9 Å². The van der Waals surface area contributed by atoms with Crippen molar-refractivity contribution < 1.29 is 43.4 Å². The number of hydrogen-bond donors (Lipinski definition) is 4. The number of aromatic nitrogens is 2. The molecule has 0 aliphatic carbocycles. The molecule has 0 radical (unpaired) electrons. The van der Waals surface area contributed by atoms with Gasteiger partial charge >= 0.3 is 170 Å². The normalized spacial score (nSPS) is 20.3. The van der Waals surface area contributed by atoms with Crippen LogP contribution in [0.3, 0.4) is 0 Å². The largest absolute Gasteiger partial charge is 0.306 e. The monoisotopic (exact) mass is 974 g/mol. The molecule has 3 fully saturated rings. The number of aromatic hydroxyl groups is 1. The topological polar surface area (TPSA) is 154 Å². The second-order valence-corrected chi connectivity index (χ2v) is 20.9. The van der Waals surface area contributed by atoms with E-state index in [0.29, 0.717) is 29.5 Å². The summed E-state index contributed by atoms with van der Waals surface area (Å²) in [4.78, 5) is 31.0. The van der Waals surface area contributed by atoms with Crippen molar-refractivity contribution in [2.75, 3.05) is 29.9 Å². The summed E-state index contributed by atoms with van der Waals surface area (Å²) in [5, 5.41) is 33.8. The van der Waals surface area contributed by atoms with Crippen molar-refractivity contribution >= 4 is 83.3 Å². The molecule has 0 spiro atoms. The zero-order chi connectivity index (χ0) is 43.3. The molecular weight excluding hydrogens is 926 g/mol. The number of rotatable bonds is 11. The first-order valence-electron chi connectivity index (χ1n) is 20.9. The first kappa shape index (κ1) is 42.7. The van der Waals surface area contributed by atoms with Gasteiger partial charge in [-0.15, -0.1) is 11.3 Å². The Morgan fingerprint density at radius 3 is 2.58 bits per heavy atom. The van der Waals surface area contributed by atoms with E-state index < -0.39 is 22.7 Å². The van der Waals surface area contributed by atoms with Crippen LogP contribution >= 0.6 is 22.9 Å². The summed E-state index contributed by atoms with van der Waals surface area (Å²) in [6.07, 6.45) is 10.9. The van der Waals surface area contributed by atoms with Crippen molar-refractivity contribution in [3.63, 3.8) is 0 Å². The predicted molar refractivity (Wildman–Crippen MR) is 245 cm³/mol. The maximum absolute atomic E-state index is 14.0. The number of hydrogen-bond acceptors (Lipinski definition) is 8. The van der Waals surface area contributed by atoms with Gasteiger partial charge in [-0.05, 0) is 44.4 Å². The summed E-state index contributed by atoms with van der Waals surface area (Å²) in [7, 11) is -1.27. The second kappa shape index (κ2) is 17.5. The van der Waals surface area contributed by atoms with Gasteiger partial charge in [0.2, 0.25) is 0 Å². The summed E-state index contributed by atoms with van der Waals surface area (Å²) < 4.78 is 19.1. The van der Waals surface area contributed by atoms with Crippen LogP contribution in [0, 0.1) is 0 Å². The SMILES string of the molecule is CC1(C)CC(Nc2cccc(-c3sc(C(=O)O)c(O)c3Cl)c2)CCN1S(=O)Cc1cnc2cc(N3CCC(c4ccc([N-]C5CCC(=O)N[C]5=[Mo])c5ccccc45)CC3)cn2c1. The van der Waals surface area contributed by atoms with Gasteiger partial charge < -0.3 is 19.9 Å². The van der Waals surface area contributed by atoms with Gasteiger partial charge in [0.1, 0.15) is 10.7 Å². The van der Waals surface area contributed by atoms with Crippen LogP contribution in [-0.4, -0.2) is 81.3 Å². The molecule has 3 saturated heterocycles. The standard InChI is InChI=1S/C46H47ClN7O5S2.Mo/c1-46(2)22-32(50-31-7-5-6-30(20-31)43-41(47)42(56)44(60-43)45(57)58)16-19-54(46)61(59)27-28-23-48-39-21-34(26-53(39)25-28)52-17-14-29(15-18-52)35-11-12-38(37-9-4-3-8-36(35)37)51-33-10-13-40(55)49-24-33;/h3-9,11-12,20-21,23,25-26,29,32-33,50,56H,10,13-19,22,27H2,1-2H3,(H,49,55)(H,57,58);/q-1;. The van der Waals surface area contributed by atoms with Crippen LogP contribution in [0.1, 0.15) is 79.1 Å². The van der Waals surface area contributed by atoms with Gasteiger partial charge in [-0.2, -0.15) is 0 Å². The minimum atomic E-state index is -1.27. The fourth-order valence-electron chi connectivity index (χ4n) is 9.29. The third-order valence-corrected chi connectivity index (χ3v) is 16.7. The number of benzene rings is 3. The van der Waals surface area contributed by atoms with Crippen molar-refractivity contribution in [1.29, 1.82) is 0 Å². The van der Waals surface area contributed by atoms with Gasteiger partial charge in [-0.1, -0.05) is 23.7 Å². The van der Waals surface area contributed by atoms with Crippen LogP contribution in [0.15, 0.2) is 85.3 Å². The fraction of sp³-hybridized carbons (Fsp3) is 0.348. The maximum Gasteiger partial charge on any atom is 0.0338 e. The number of aromatic carboxylic acids is 1. The molecule has 3 aromatic heterocycles. The molecule has 12 nitrogen and oxygen atoms in total. The molecule has 3 aromatic carbocycles. The molecule has 6 heterocycles. The molecule has 3 aliphatic rings. The van der Waals surface area contributed by atoms with Crippen LogP contribution < -0.4 is 15.5 Å². The zero-order valence-corrected chi connectivity index (χ0v) is 38.7. The average Bonchev–Trinajstić information content (AvgIpc) is 3.81. The Labute approximate surface area is 382 Å². The quantitative estimate of drug-likeness (QED) is 0.0939. The van der Waals surface area contributed by atoms with E-state index in [1.54, 1.807) is 0 Å². The summed E-state index contributed by atoms with van der Waals surface area (Å²) in [6, 6.07) is 22.9. The van der Waals surface area contributed by atoms with E-state index >= 15 is 0 Å². The number of amides is 1. The third-order valence-electron chi connectivity index (χ3n) is 12.4. The van der Waals surface area contributed by atoms with Gasteiger partial charge in [0.05, 0.1) is 21.6 Å². The summed E-state index contributed by atoms with van der Waals surface area (Å²) in [5.41, 5.74) is 6.50. The van der Waals surface area contributed by atoms with E-state index in [0.717, 1.165) is 99.8 Å². The molecule has 4 N–H and O–H groups in total. The Balaban J connectivity index is 0.810. The molecule has 1 amide bonds. The number of nitrogens with zero attached hydrogens (tertiary/aromatic N) is 5. The van der Waals surface area contributed by atoms with E-state index in [1.807, 2.05) is 49.8 Å². The molecule has 3 atom stereocenters. The number of carboxylic acid groups (broad SMARTS) is 1. The van der Waals surface area contributed by atoms with Crippen molar-refractivity contribution in [1.82, 2.24) is 19.0 Å².